The van der Waals surface area contributed by atoms with Gasteiger partial charge in [-0.15, -0.1) is 0 Å². The summed E-state index contributed by atoms with van der Waals surface area (Å²) in [4.78, 5) is 0.415. The summed E-state index contributed by atoms with van der Waals surface area (Å²) in [6.45, 7) is 5.77. The molecule has 2 N–H and O–H groups in total. The Labute approximate surface area is 158 Å². The molecule has 4 nitrogen and oxygen atoms in total. The van der Waals surface area contributed by atoms with Gasteiger partial charge in [-0.3, -0.25) is 0 Å². The fourth-order valence-corrected chi connectivity index (χ4v) is 7.65. The number of quaternary nitrogens is 1. The molecule has 2 bridgehead atoms. The van der Waals surface area contributed by atoms with Crippen molar-refractivity contribution in [1.82, 2.24) is 4.31 Å². The molecule has 1 aromatic carbocycles. The highest BCUT2D eigenvalue weighted by molar-refractivity contribution is 7.89. The molecule has 3 fully saturated rings. The lowest BCUT2D eigenvalue weighted by Crippen LogP contribution is -2.90. The number of nitrogens with zero attached hydrogens (tertiary/aromatic N) is 1. The molecule has 0 radical (unpaired) electrons. The Morgan fingerprint density at radius 1 is 1.00 bits per heavy atom. The standard InChI is InChI=1S/C21H32N2O2S/c1-3-23(4-2)26(24,25)17-10-8-15(9-11-17)14-22-21-13-16-12-20(21)19-7-5-6-18(16)19/h8-11,16,18-22H,3-7,12-14H2,1-2H3/p+1/t16-,18-,19+,20+,21-/m1/s1. The van der Waals surface area contributed by atoms with E-state index >= 15 is 0 Å². The highest BCUT2D eigenvalue weighted by Gasteiger charge is 2.55. The summed E-state index contributed by atoms with van der Waals surface area (Å²) >= 11 is 0. The fraction of sp³-hybridized carbons (Fsp3) is 0.714. The summed E-state index contributed by atoms with van der Waals surface area (Å²) in [6, 6.07) is 8.35. The van der Waals surface area contributed by atoms with Crippen molar-refractivity contribution in [3.8, 4) is 0 Å². The number of rotatable bonds is 7. The molecular weight excluding hydrogens is 344 g/mol. The monoisotopic (exact) mass is 377 g/mol. The third-order valence-corrected chi connectivity index (χ3v) is 9.47. The van der Waals surface area contributed by atoms with Gasteiger partial charge in [-0.1, -0.05) is 32.4 Å². The van der Waals surface area contributed by atoms with Gasteiger partial charge in [0.25, 0.3) is 0 Å². The number of sulfonamides is 1. The van der Waals surface area contributed by atoms with Gasteiger partial charge in [-0.05, 0) is 49.1 Å². The van der Waals surface area contributed by atoms with Crippen LogP contribution in [0.2, 0.25) is 0 Å². The summed E-state index contributed by atoms with van der Waals surface area (Å²) in [5.74, 6) is 4.00. The molecule has 0 amide bonds. The van der Waals surface area contributed by atoms with Crippen molar-refractivity contribution in [2.75, 3.05) is 13.1 Å². The maximum Gasteiger partial charge on any atom is 0.243 e. The van der Waals surface area contributed by atoms with E-state index in [9.17, 15) is 8.42 Å². The molecule has 3 aliphatic carbocycles. The second-order valence-electron chi connectivity index (χ2n) is 8.49. The second kappa shape index (κ2) is 7.25. The van der Waals surface area contributed by atoms with Crippen LogP contribution in [0.15, 0.2) is 29.2 Å². The van der Waals surface area contributed by atoms with Crippen molar-refractivity contribution in [3.63, 3.8) is 0 Å². The molecule has 0 saturated heterocycles. The molecule has 144 valence electrons. The minimum atomic E-state index is -3.34. The van der Waals surface area contributed by atoms with Crippen LogP contribution in [0.25, 0.3) is 0 Å². The Morgan fingerprint density at radius 2 is 1.69 bits per heavy atom. The third-order valence-electron chi connectivity index (χ3n) is 7.40. The molecular formula is C21H33N2O2S+. The SMILES string of the molecule is CCN(CC)S(=O)(=O)c1ccc(C[NH2+][C@@H]2C[C@H]3C[C@H]2[C@H]2CCC[C@H]32)cc1. The first-order valence-corrected chi connectivity index (χ1v) is 11.9. The van der Waals surface area contributed by atoms with Gasteiger partial charge in [-0.2, -0.15) is 4.31 Å². The van der Waals surface area contributed by atoms with Crippen molar-refractivity contribution in [2.24, 2.45) is 23.7 Å². The first-order chi connectivity index (χ1) is 12.5. The molecule has 3 saturated carbocycles. The van der Waals surface area contributed by atoms with Crippen molar-refractivity contribution < 1.29 is 13.7 Å². The smallest absolute Gasteiger partial charge is 0.243 e. The van der Waals surface area contributed by atoms with Gasteiger partial charge in [0.15, 0.2) is 0 Å². The average Bonchev–Trinajstić information content (AvgIpc) is 3.34. The van der Waals surface area contributed by atoms with Crippen molar-refractivity contribution in [3.05, 3.63) is 29.8 Å². The second-order valence-corrected chi connectivity index (χ2v) is 10.4. The topological polar surface area (TPSA) is 54.0 Å². The van der Waals surface area contributed by atoms with Crippen LogP contribution in [0.5, 0.6) is 0 Å². The van der Waals surface area contributed by atoms with Crippen LogP contribution >= 0.6 is 0 Å². The van der Waals surface area contributed by atoms with E-state index in [1.165, 1.54) is 42.0 Å². The number of benzene rings is 1. The number of hydrogen-bond acceptors (Lipinski definition) is 2. The lowest BCUT2D eigenvalue weighted by molar-refractivity contribution is -0.711. The Hall–Kier alpha value is -0.910. The Bertz CT molecular complexity index is 727. The zero-order valence-electron chi connectivity index (χ0n) is 16.1. The molecule has 0 aliphatic heterocycles. The van der Waals surface area contributed by atoms with Crippen LogP contribution in [-0.2, 0) is 16.6 Å². The van der Waals surface area contributed by atoms with E-state index in [-0.39, 0.29) is 0 Å². The Balaban J connectivity index is 1.37. The van der Waals surface area contributed by atoms with Crippen LogP contribution in [0, 0.1) is 23.7 Å². The quantitative estimate of drug-likeness (QED) is 0.794. The zero-order valence-corrected chi connectivity index (χ0v) is 16.9. The minimum absolute atomic E-state index is 0.415. The predicted molar refractivity (Wildman–Crippen MR) is 103 cm³/mol. The molecule has 0 unspecified atom stereocenters. The summed E-state index contributed by atoms with van der Waals surface area (Å²) in [7, 11) is -3.34. The summed E-state index contributed by atoms with van der Waals surface area (Å²) in [6.07, 6.45) is 7.28. The van der Waals surface area contributed by atoms with E-state index in [4.69, 9.17) is 0 Å². The number of fused-ring (bicyclic) bond motifs is 5. The maximum atomic E-state index is 12.6. The van der Waals surface area contributed by atoms with Gasteiger partial charge < -0.3 is 5.32 Å². The van der Waals surface area contributed by atoms with E-state index in [0.29, 0.717) is 18.0 Å². The van der Waals surface area contributed by atoms with E-state index in [1.807, 2.05) is 26.0 Å². The molecule has 26 heavy (non-hydrogen) atoms. The lowest BCUT2D eigenvalue weighted by atomic mass is 9.79. The van der Waals surface area contributed by atoms with Gasteiger partial charge in [-0.25, -0.2) is 8.42 Å². The molecule has 5 atom stereocenters. The lowest BCUT2D eigenvalue weighted by Gasteiger charge is -2.30. The first kappa shape index (κ1) is 18.5. The highest BCUT2D eigenvalue weighted by atomic mass is 32.2. The van der Waals surface area contributed by atoms with Crippen LogP contribution < -0.4 is 5.32 Å². The normalized spacial score (nSPS) is 33.1. The molecule has 0 aromatic heterocycles. The minimum Gasteiger partial charge on any atom is -0.340 e. The van der Waals surface area contributed by atoms with E-state index in [0.717, 1.165) is 36.3 Å². The first-order valence-electron chi connectivity index (χ1n) is 10.5. The molecule has 0 spiro atoms. The average molecular weight is 378 g/mol. The van der Waals surface area contributed by atoms with E-state index < -0.39 is 10.0 Å². The van der Waals surface area contributed by atoms with Crippen molar-refractivity contribution in [1.29, 1.82) is 0 Å². The van der Waals surface area contributed by atoms with Crippen molar-refractivity contribution >= 4 is 10.0 Å². The summed E-state index contributed by atoms with van der Waals surface area (Å²) < 4.78 is 26.7. The fourth-order valence-electron chi connectivity index (χ4n) is 6.19. The van der Waals surface area contributed by atoms with E-state index in [2.05, 4.69) is 5.32 Å². The van der Waals surface area contributed by atoms with Crippen LogP contribution in [0.3, 0.4) is 0 Å². The Kier molecular flexibility index (Phi) is 5.15. The molecule has 1 aromatic rings. The van der Waals surface area contributed by atoms with Gasteiger partial charge in [0.1, 0.15) is 6.54 Å². The van der Waals surface area contributed by atoms with Gasteiger partial charge in [0.05, 0.1) is 10.9 Å². The zero-order chi connectivity index (χ0) is 18.3. The van der Waals surface area contributed by atoms with Gasteiger partial charge in [0.2, 0.25) is 10.0 Å². The molecule has 4 rings (SSSR count). The van der Waals surface area contributed by atoms with Crippen LogP contribution in [0.4, 0.5) is 0 Å². The summed E-state index contributed by atoms with van der Waals surface area (Å²) in [5.41, 5.74) is 1.23. The van der Waals surface area contributed by atoms with Crippen molar-refractivity contribution in [2.45, 2.75) is 63.4 Å². The molecule has 3 aliphatic rings. The third kappa shape index (κ3) is 3.12. The number of hydrogen-bond donors (Lipinski definition) is 1. The van der Waals surface area contributed by atoms with Gasteiger partial charge in [0, 0.05) is 31.0 Å². The molecule has 0 heterocycles. The Morgan fingerprint density at radius 3 is 2.38 bits per heavy atom. The maximum absolute atomic E-state index is 12.6. The van der Waals surface area contributed by atoms with Crippen LogP contribution in [-0.4, -0.2) is 31.9 Å². The number of nitrogens with two attached hydrogens (primary N) is 1. The molecule has 5 heteroatoms. The highest BCUT2D eigenvalue weighted by Crippen LogP contribution is 2.57. The summed E-state index contributed by atoms with van der Waals surface area (Å²) in [5, 5.41) is 2.53. The van der Waals surface area contributed by atoms with Crippen LogP contribution in [0.1, 0.15) is 51.5 Å². The largest absolute Gasteiger partial charge is 0.340 e. The van der Waals surface area contributed by atoms with Gasteiger partial charge >= 0.3 is 0 Å². The predicted octanol–water partition coefficient (Wildman–Crippen LogP) is 2.61. The van der Waals surface area contributed by atoms with E-state index in [1.54, 1.807) is 12.1 Å².